The summed E-state index contributed by atoms with van der Waals surface area (Å²) < 4.78 is 0. The molecule has 0 aliphatic carbocycles. The second kappa shape index (κ2) is 12.0. The maximum absolute atomic E-state index is 4.85. The molecule has 0 spiro atoms. The van der Waals surface area contributed by atoms with E-state index in [0.717, 1.165) is 51.9 Å². The van der Waals surface area contributed by atoms with Gasteiger partial charge >= 0.3 is 0 Å². The largest absolute Gasteiger partial charge is 0.208 e. The van der Waals surface area contributed by atoms with Gasteiger partial charge in [-0.25, -0.2) is 15.0 Å². The second-order valence-corrected chi connectivity index (χ2v) is 10.1. The highest BCUT2D eigenvalue weighted by Crippen LogP contribution is 2.26. The van der Waals surface area contributed by atoms with Crippen molar-refractivity contribution < 1.29 is 0 Å². The van der Waals surface area contributed by atoms with Crippen LogP contribution >= 0.6 is 47.8 Å². The third-order valence-corrected chi connectivity index (χ3v) is 6.61. The fraction of sp³-hybridized carbons (Fsp3) is 0.222. The fourth-order valence-electron chi connectivity index (χ4n) is 3.55. The van der Waals surface area contributed by atoms with Crippen LogP contribution in [0.3, 0.4) is 0 Å². The van der Waals surface area contributed by atoms with Crippen LogP contribution in [0.1, 0.15) is 16.7 Å². The predicted octanol–water partition coefficient (Wildman–Crippen LogP) is 7.68. The molecule has 0 saturated heterocycles. The molecule has 0 amide bonds. The first kappa shape index (κ1) is 24.2. The van der Waals surface area contributed by atoms with Crippen LogP contribution in [-0.4, -0.2) is 30.9 Å². The van der Waals surface area contributed by atoms with Crippen molar-refractivity contribution in [1.82, 2.24) is 15.0 Å². The zero-order valence-corrected chi connectivity index (χ0v) is 22.9. The van der Waals surface area contributed by atoms with Gasteiger partial charge in [-0.1, -0.05) is 121 Å². The maximum atomic E-state index is 4.85. The van der Waals surface area contributed by atoms with Gasteiger partial charge in [-0.3, -0.25) is 0 Å². The number of rotatable bonds is 9. The number of aromatic nitrogens is 3. The molecule has 6 heteroatoms. The van der Waals surface area contributed by atoms with Crippen molar-refractivity contribution in [1.29, 1.82) is 0 Å². The van der Waals surface area contributed by atoms with E-state index in [2.05, 4.69) is 121 Å². The first-order valence-electron chi connectivity index (χ1n) is 10.9. The van der Waals surface area contributed by atoms with E-state index >= 15 is 0 Å². The molecule has 0 aliphatic rings. The van der Waals surface area contributed by atoms with Crippen molar-refractivity contribution in [2.45, 2.75) is 19.3 Å². The van der Waals surface area contributed by atoms with Gasteiger partial charge in [0.15, 0.2) is 17.5 Å². The predicted molar refractivity (Wildman–Crippen MR) is 149 cm³/mol. The van der Waals surface area contributed by atoms with E-state index in [1.165, 1.54) is 16.7 Å². The van der Waals surface area contributed by atoms with Crippen molar-refractivity contribution >= 4 is 47.8 Å². The summed E-state index contributed by atoms with van der Waals surface area (Å²) >= 11 is 10.5. The minimum absolute atomic E-state index is 0.689. The summed E-state index contributed by atoms with van der Waals surface area (Å²) in [5.74, 6) is 2.07. The van der Waals surface area contributed by atoms with Gasteiger partial charge in [0.2, 0.25) is 0 Å². The van der Waals surface area contributed by atoms with Crippen LogP contribution in [0.15, 0.2) is 72.8 Å². The van der Waals surface area contributed by atoms with Crippen molar-refractivity contribution in [3.63, 3.8) is 0 Å². The highest BCUT2D eigenvalue weighted by molar-refractivity contribution is 9.09. The standard InChI is InChI=1S/C27H24Br3N3/c28-16-13-19-1-7-22(8-2-19)25-31-26(23-9-3-20(4-10-23)14-17-29)33-27(32-25)24-11-5-21(6-12-24)15-18-30/h1-12H,13-18H2. The number of hydrogen-bond acceptors (Lipinski definition) is 3. The Balaban J connectivity index is 1.76. The second-order valence-electron chi connectivity index (χ2n) is 7.71. The molecule has 0 unspecified atom stereocenters. The van der Waals surface area contributed by atoms with E-state index in [4.69, 9.17) is 15.0 Å². The molecule has 0 aliphatic heterocycles. The van der Waals surface area contributed by atoms with Crippen LogP contribution in [0.5, 0.6) is 0 Å². The first-order valence-corrected chi connectivity index (χ1v) is 14.3. The van der Waals surface area contributed by atoms with Gasteiger partial charge in [0.25, 0.3) is 0 Å². The Morgan fingerprint density at radius 3 is 0.848 bits per heavy atom. The SMILES string of the molecule is BrCCc1ccc(-c2nc(-c3ccc(CCBr)cc3)nc(-c3ccc(CCBr)cc3)n2)cc1. The summed E-state index contributed by atoms with van der Waals surface area (Å²) in [6, 6.07) is 25.4. The zero-order valence-electron chi connectivity index (χ0n) is 18.1. The molecular formula is C27H24Br3N3. The third kappa shape index (κ3) is 6.37. The van der Waals surface area contributed by atoms with Crippen LogP contribution < -0.4 is 0 Å². The lowest BCUT2D eigenvalue weighted by atomic mass is 10.1. The molecule has 0 radical (unpaired) electrons. The molecule has 0 N–H and O–H groups in total. The van der Waals surface area contributed by atoms with Crippen LogP contribution in [0.2, 0.25) is 0 Å². The zero-order chi connectivity index (χ0) is 23.0. The summed E-state index contributed by atoms with van der Waals surface area (Å²) in [5, 5.41) is 2.84. The molecule has 0 bridgehead atoms. The average Bonchev–Trinajstić information content (AvgIpc) is 2.86. The molecule has 1 aromatic heterocycles. The number of hydrogen-bond donors (Lipinski definition) is 0. The Morgan fingerprint density at radius 1 is 0.394 bits per heavy atom. The highest BCUT2D eigenvalue weighted by Gasteiger charge is 2.12. The number of benzene rings is 3. The summed E-state index contributed by atoms with van der Waals surface area (Å²) in [5.41, 5.74) is 6.83. The van der Waals surface area contributed by atoms with Crippen LogP contribution in [0.4, 0.5) is 0 Å². The van der Waals surface area contributed by atoms with Gasteiger partial charge in [0.1, 0.15) is 0 Å². The van der Waals surface area contributed by atoms with Crippen molar-refractivity contribution in [3.8, 4) is 34.2 Å². The molecule has 4 rings (SSSR count). The Hall–Kier alpha value is -1.89. The van der Waals surface area contributed by atoms with Gasteiger partial charge in [-0.15, -0.1) is 0 Å². The fourth-order valence-corrected chi connectivity index (χ4v) is 4.93. The molecule has 33 heavy (non-hydrogen) atoms. The Labute approximate surface area is 220 Å². The van der Waals surface area contributed by atoms with E-state index in [9.17, 15) is 0 Å². The van der Waals surface area contributed by atoms with Crippen molar-refractivity contribution in [2.75, 3.05) is 16.0 Å². The number of halogens is 3. The average molecular weight is 630 g/mol. The minimum atomic E-state index is 0.689. The molecule has 0 saturated carbocycles. The molecule has 0 fully saturated rings. The van der Waals surface area contributed by atoms with Crippen molar-refractivity contribution in [3.05, 3.63) is 89.5 Å². The minimum Gasteiger partial charge on any atom is -0.208 e. The summed E-state index contributed by atoms with van der Waals surface area (Å²) in [6.07, 6.45) is 2.99. The van der Waals surface area contributed by atoms with Gasteiger partial charge in [0, 0.05) is 32.7 Å². The molecule has 3 nitrogen and oxygen atoms in total. The van der Waals surface area contributed by atoms with Crippen LogP contribution in [0.25, 0.3) is 34.2 Å². The van der Waals surface area contributed by atoms with E-state index < -0.39 is 0 Å². The first-order chi connectivity index (χ1) is 16.2. The maximum Gasteiger partial charge on any atom is 0.164 e. The summed E-state index contributed by atoms with van der Waals surface area (Å²) in [4.78, 5) is 14.6. The highest BCUT2D eigenvalue weighted by atomic mass is 79.9. The monoisotopic (exact) mass is 627 g/mol. The van der Waals surface area contributed by atoms with Crippen LogP contribution in [0, 0.1) is 0 Å². The molecule has 168 valence electrons. The van der Waals surface area contributed by atoms with E-state index in [0.29, 0.717) is 17.5 Å². The van der Waals surface area contributed by atoms with Crippen LogP contribution in [-0.2, 0) is 19.3 Å². The third-order valence-electron chi connectivity index (χ3n) is 5.42. The number of nitrogens with zero attached hydrogens (tertiary/aromatic N) is 3. The van der Waals surface area contributed by atoms with E-state index in [-0.39, 0.29) is 0 Å². The van der Waals surface area contributed by atoms with Gasteiger partial charge < -0.3 is 0 Å². The molecule has 4 aromatic rings. The Morgan fingerprint density at radius 2 is 0.636 bits per heavy atom. The van der Waals surface area contributed by atoms with Gasteiger partial charge in [-0.05, 0) is 36.0 Å². The smallest absolute Gasteiger partial charge is 0.164 e. The van der Waals surface area contributed by atoms with Crippen molar-refractivity contribution in [2.24, 2.45) is 0 Å². The lowest BCUT2D eigenvalue weighted by molar-refractivity contribution is 1.07. The Kier molecular flexibility index (Phi) is 8.82. The van der Waals surface area contributed by atoms with E-state index in [1.54, 1.807) is 0 Å². The molecule has 0 atom stereocenters. The van der Waals surface area contributed by atoms with E-state index in [1.807, 2.05) is 0 Å². The molecule has 3 aromatic carbocycles. The number of alkyl halides is 3. The molecule has 1 heterocycles. The normalized spacial score (nSPS) is 11.0. The topological polar surface area (TPSA) is 38.7 Å². The molecular weight excluding hydrogens is 606 g/mol. The van der Waals surface area contributed by atoms with Gasteiger partial charge in [-0.2, -0.15) is 0 Å². The van der Waals surface area contributed by atoms with Gasteiger partial charge in [0.05, 0.1) is 0 Å². The summed E-state index contributed by atoms with van der Waals surface area (Å²) in [6.45, 7) is 0. The quantitative estimate of drug-likeness (QED) is 0.178. The number of aryl methyl sites for hydroxylation is 3. The summed E-state index contributed by atoms with van der Waals surface area (Å²) in [7, 11) is 0. The Bertz CT molecular complexity index is 1010. The lowest BCUT2D eigenvalue weighted by Crippen LogP contribution is -2.00. The lowest BCUT2D eigenvalue weighted by Gasteiger charge is -2.10.